The molecule has 0 atom stereocenters. The Morgan fingerprint density at radius 3 is 2.88 bits per heavy atom. The summed E-state index contributed by atoms with van der Waals surface area (Å²) in [6.07, 6.45) is 1.31. The molecule has 0 fully saturated rings. The van der Waals surface area contributed by atoms with Crippen molar-refractivity contribution in [3.05, 3.63) is 11.8 Å². The minimum Gasteiger partial charge on any atom is -0.360 e. The Bertz CT molecular complexity index is 334. The highest BCUT2D eigenvalue weighted by Gasteiger charge is 2.05. The van der Waals surface area contributed by atoms with Crippen LogP contribution in [0.3, 0.4) is 0 Å². The highest BCUT2D eigenvalue weighted by molar-refractivity contribution is 5.89. The molecule has 1 heterocycles. The number of nitrogens with one attached hydrogen (secondary N) is 2. The highest BCUT2D eigenvalue weighted by atomic mass is 16.5. The zero-order chi connectivity index (χ0) is 12.0. The molecule has 0 aromatic carbocycles. The van der Waals surface area contributed by atoms with Crippen LogP contribution in [0.4, 0.5) is 5.82 Å². The van der Waals surface area contributed by atoms with Crippen LogP contribution in [-0.4, -0.2) is 23.7 Å². The third-order valence-corrected chi connectivity index (χ3v) is 2.03. The first-order valence-corrected chi connectivity index (χ1v) is 5.54. The maximum Gasteiger partial charge on any atom is 0.225 e. The summed E-state index contributed by atoms with van der Waals surface area (Å²) in [5.41, 5.74) is 0. The molecule has 0 spiro atoms. The Morgan fingerprint density at radius 2 is 2.31 bits per heavy atom. The van der Waals surface area contributed by atoms with Crippen LogP contribution in [-0.2, 0) is 4.79 Å². The largest absolute Gasteiger partial charge is 0.360 e. The maximum atomic E-state index is 11.4. The zero-order valence-corrected chi connectivity index (χ0v) is 10.0. The van der Waals surface area contributed by atoms with E-state index < -0.39 is 0 Å². The SMILES string of the molecule is Cc1cc(NC(=O)CCCNC(C)C)no1. The van der Waals surface area contributed by atoms with Gasteiger partial charge in [0.25, 0.3) is 0 Å². The molecule has 0 bridgehead atoms. The van der Waals surface area contributed by atoms with Gasteiger partial charge in [-0.25, -0.2) is 0 Å². The second kappa shape index (κ2) is 6.27. The van der Waals surface area contributed by atoms with E-state index in [2.05, 4.69) is 29.6 Å². The van der Waals surface area contributed by atoms with Crippen molar-refractivity contribution in [2.45, 2.75) is 39.7 Å². The molecule has 0 radical (unpaired) electrons. The van der Waals surface area contributed by atoms with Crippen molar-refractivity contribution in [1.29, 1.82) is 0 Å². The van der Waals surface area contributed by atoms with Gasteiger partial charge in [-0.15, -0.1) is 0 Å². The number of rotatable bonds is 6. The van der Waals surface area contributed by atoms with Gasteiger partial charge in [-0.05, 0) is 19.9 Å². The number of carbonyl (C=O) groups is 1. The molecule has 0 unspecified atom stereocenters. The van der Waals surface area contributed by atoms with E-state index in [0.29, 0.717) is 24.0 Å². The maximum absolute atomic E-state index is 11.4. The number of aromatic nitrogens is 1. The van der Waals surface area contributed by atoms with Crippen molar-refractivity contribution in [3.8, 4) is 0 Å². The molecule has 1 rings (SSSR count). The predicted molar refractivity (Wildman–Crippen MR) is 62.2 cm³/mol. The fourth-order valence-corrected chi connectivity index (χ4v) is 1.27. The lowest BCUT2D eigenvalue weighted by Gasteiger charge is -2.06. The lowest BCUT2D eigenvalue weighted by Crippen LogP contribution is -2.24. The third-order valence-electron chi connectivity index (χ3n) is 2.03. The molecular weight excluding hydrogens is 206 g/mol. The molecule has 5 nitrogen and oxygen atoms in total. The van der Waals surface area contributed by atoms with Crippen LogP contribution in [0.5, 0.6) is 0 Å². The first-order valence-electron chi connectivity index (χ1n) is 5.54. The van der Waals surface area contributed by atoms with E-state index in [-0.39, 0.29) is 5.91 Å². The number of hydrogen-bond donors (Lipinski definition) is 2. The summed E-state index contributed by atoms with van der Waals surface area (Å²) in [5.74, 6) is 1.15. The molecule has 1 amide bonds. The molecule has 0 aliphatic rings. The fourth-order valence-electron chi connectivity index (χ4n) is 1.27. The Hall–Kier alpha value is -1.36. The summed E-state index contributed by atoms with van der Waals surface area (Å²) in [6, 6.07) is 2.16. The average molecular weight is 225 g/mol. The number of aryl methyl sites for hydroxylation is 1. The molecule has 2 N–H and O–H groups in total. The van der Waals surface area contributed by atoms with E-state index in [1.165, 1.54) is 0 Å². The number of hydrogen-bond acceptors (Lipinski definition) is 4. The molecule has 1 aromatic heterocycles. The van der Waals surface area contributed by atoms with Crippen LogP contribution in [0.25, 0.3) is 0 Å². The summed E-state index contributed by atoms with van der Waals surface area (Å²) in [4.78, 5) is 11.4. The van der Waals surface area contributed by atoms with Crippen molar-refractivity contribution >= 4 is 11.7 Å². The molecule has 0 saturated carbocycles. The van der Waals surface area contributed by atoms with Gasteiger partial charge in [0.05, 0.1) is 0 Å². The van der Waals surface area contributed by atoms with Crippen LogP contribution in [0.15, 0.2) is 10.6 Å². The highest BCUT2D eigenvalue weighted by Crippen LogP contribution is 2.07. The van der Waals surface area contributed by atoms with Gasteiger partial charge in [-0.1, -0.05) is 19.0 Å². The van der Waals surface area contributed by atoms with Gasteiger partial charge in [0.15, 0.2) is 5.82 Å². The smallest absolute Gasteiger partial charge is 0.225 e. The quantitative estimate of drug-likeness (QED) is 0.723. The van der Waals surface area contributed by atoms with E-state index >= 15 is 0 Å². The van der Waals surface area contributed by atoms with Gasteiger partial charge in [-0.2, -0.15) is 0 Å². The molecular formula is C11H19N3O2. The Labute approximate surface area is 95.6 Å². The standard InChI is InChI=1S/C11H19N3O2/c1-8(2)12-6-4-5-11(15)13-10-7-9(3)16-14-10/h7-8,12H,4-6H2,1-3H3,(H,13,14,15). The second-order valence-corrected chi connectivity index (χ2v) is 4.08. The first kappa shape index (κ1) is 12.7. The zero-order valence-electron chi connectivity index (χ0n) is 10.0. The second-order valence-electron chi connectivity index (χ2n) is 4.08. The number of carbonyl (C=O) groups excluding carboxylic acids is 1. The molecule has 0 saturated heterocycles. The molecule has 90 valence electrons. The lowest BCUT2D eigenvalue weighted by atomic mass is 10.2. The van der Waals surface area contributed by atoms with Crippen LogP contribution >= 0.6 is 0 Å². The minimum absolute atomic E-state index is 0.0288. The van der Waals surface area contributed by atoms with Crippen LogP contribution in [0.2, 0.25) is 0 Å². The first-order chi connectivity index (χ1) is 7.58. The van der Waals surface area contributed by atoms with Gasteiger partial charge in [0.2, 0.25) is 5.91 Å². The monoisotopic (exact) mass is 225 g/mol. The van der Waals surface area contributed by atoms with E-state index in [0.717, 1.165) is 13.0 Å². The van der Waals surface area contributed by atoms with E-state index in [4.69, 9.17) is 4.52 Å². The van der Waals surface area contributed by atoms with E-state index in [1.54, 1.807) is 13.0 Å². The van der Waals surface area contributed by atoms with E-state index in [1.807, 2.05) is 0 Å². The van der Waals surface area contributed by atoms with Gasteiger partial charge >= 0.3 is 0 Å². The predicted octanol–water partition coefficient (Wildman–Crippen LogP) is 1.70. The molecule has 0 aliphatic heterocycles. The normalized spacial score (nSPS) is 10.8. The topological polar surface area (TPSA) is 67.2 Å². The molecule has 1 aromatic rings. The van der Waals surface area contributed by atoms with Crippen molar-refractivity contribution in [2.75, 3.05) is 11.9 Å². The summed E-state index contributed by atoms with van der Waals surface area (Å²) in [6.45, 7) is 6.80. The van der Waals surface area contributed by atoms with Crippen LogP contribution in [0, 0.1) is 6.92 Å². The fraction of sp³-hybridized carbons (Fsp3) is 0.636. The van der Waals surface area contributed by atoms with Gasteiger partial charge < -0.3 is 15.2 Å². The minimum atomic E-state index is -0.0288. The molecule has 0 aliphatic carbocycles. The summed E-state index contributed by atoms with van der Waals surface area (Å²) in [7, 11) is 0. The van der Waals surface area contributed by atoms with Crippen molar-refractivity contribution in [2.24, 2.45) is 0 Å². The van der Waals surface area contributed by atoms with E-state index in [9.17, 15) is 4.79 Å². The van der Waals surface area contributed by atoms with Crippen molar-refractivity contribution in [1.82, 2.24) is 10.5 Å². The Morgan fingerprint density at radius 1 is 1.56 bits per heavy atom. The van der Waals surface area contributed by atoms with Crippen molar-refractivity contribution < 1.29 is 9.32 Å². The van der Waals surface area contributed by atoms with Gasteiger partial charge in [0.1, 0.15) is 5.76 Å². The van der Waals surface area contributed by atoms with Gasteiger partial charge in [-0.3, -0.25) is 4.79 Å². The lowest BCUT2D eigenvalue weighted by molar-refractivity contribution is -0.116. The summed E-state index contributed by atoms with van der Waals surface area (Å²) < 4.78 is 4.85. The Balaban J connectivity index is 2.16. The number of nitrogens with zero attached hydrogens (tertiary/aromatic N) is 1. The van der Waals surface area contributed by atoms with Crippen molar-refractivity contribution in [3.63, 3.8) is 0 Å². The van der Waals surface area contributed by atoms with Gasteiger partial charge in [0, 0.05) is 18.5 Å². The Kier molecular flexibility index (Phi) is 4.98. The third kappa shape index (κ3) is 4.93. The summed E-state index contributed by atoms with van der Waals surface area (Å²) >= 11 is 0. The molecule has 5 heteroatoms. The summed E-state index contributed by atoms with van der Waals surface area (Å²) in [5, 5.41) is 9.62. The van der Waals surface area contributed by atoms with Crippen LogP contribution < -0.4 is 10.6 Å². The molecule has 16 heavy (non-hydrogen) atoms. The average Bonchev–Trinajstić information content (AvgIpc) is 2.58. The number of amides is 1. The number of anilines is 1. The van der Waals surface area contributed by atoms with Crippen LogP contribution in [0.1, 0.15) is 32.4 Å².